The number of carbonyl (C=O) groups is 2. The van der Waals surface area contributed by atoms with Gasteiger partial charge in [0, 0.05) is 30.6 Å². The van der Waals surface area contributed by atoms with Gasteiger partial charge in [-0.25, -0.2) is 0 Å². The number of amides is 2. The van der Waals surface area contributed by atoms with Crippen molar-refractivity contribution in [2.24, 2.45) is 16.7 Å². The minimum atomic E-state index is -0.132. The average Bonchev–Trinajstić information content (AvgIpc) is 2.77. The standard InChI is InChI=1S/C20H32N2O3S/c1-8-25-11-9-10-21-16(23)14-12(2)13(3)26-18(14)22-17(24)15-19(4,5)20(15,6)7/h15H,8-11H2,1-7H3,(H,21,23)(H,22,24). The molecule has 0 atom stereocenters. The first-order valence-electron chi connectivity index (χ1n) is 9.32. The maximum atomic E-state index is 12.8. The molecule has 6 heteroatoms. The van der Waals surface area contributed by atoms with Gasteiger partial charge in [-0.15, -0.1) is 11.3 Å². The fourth-order valence-electron chi connectivity index (χ4n) is 3.63. The predicted molar refractivity (Wildman–Crippen MR) is 107 cm³/mol. The normalized spacial score (nSPS) is 17.8. The quantitative estimate of drug-likeness (QED) is 0.666. The molecule has 1 heterocycles. The van der Waals surface area contributed by atoms with Gasteiger partial charge in [-0.05, 0) is 43.6 Å². The van der Waals surface area contributed by atoms with Crippen LogP contribution in [0.15, 0.2) is 0 Å². The maximum absolute atomic E-state index is 12.8. The molecule has 0 aliphatic heterocycles. The van der Waals surface area contributed by atoms with E-state index < -0.39 is 0 Å². The number of aryl methyl sites for hydroxylation is 1. The molecule has 5 nitrogen and oxygen atoms in total. The molecular formula is C20H32N2O3S. The molecule has 1 saturated carbocycles. The van der Waals surface area contributed by atoms with Crippen LogP contribution in [0.3, 0.4) is 0 Å². The molecule has 1 aromatic heterocycles. The van der Waals surface area contributed by atoms with Crippen LogP contribution in [0.5, 0.6) is 0 Å². The molecular weight excluding hydrogens is 348 g/mol. The molecule has 2 rings (SSSR count). The van der Waals surface area contributed by atoms with Gasteiger partial charge in [0.05, 0.1) is 5.56 Å². The molecule has 0 unspecified atom stereocenters. The van der Waals surface area contributed by atoms with Crippen LogP contribution in [0.1, 0.15) is 61.8 Å². The van der Waals surface area contributed by atoms with E-state index in [1.54, 1.807) is 0 Å². The van der Waals surface area contributed by atoms with Crippen LogP contribution in [0.25, 0.3) is 0 Å². The summed E-state index contributed by atoms with van der Waals surface area (Å²) in [7, 11) is 0. The van der Waals surface area contributed by atoms with Crippen molar-refractivity contribution in [2.45, 2.75) is 54.9 Å². The number of nitrogens with one attached hydrogen (secondary N) is 2. The third-order valence-electron chi connectivity index (χ3n) is 6.09. The number of hydrogen-bond acceptors (Lipinski definition) is 4. The average molecular weight is 381 g/mol. The fourth-order valence-corrected chi connectivity index (χ4v) is 4.69. The molecule has 1 aromatic rings. The zero-order valence-corrected chi connectivity index (χ0v) is 17.9. The number of thiophene rings is 1. The van der Waals surface area contributed by atoms with Crippen molar-refractivity contribution in [3.63, 3.8) is 0 Å². The molecule has 1 aliphatic rings. The van der Waals surface area contributed by atoms with E-state index >= 15 is 0 Å². The van der Waals surface area contributed by atoms with Crippen molar-refractivity contribution in [3.05, 3.63) is 16.0 Å². The van der Waals surface area contributed by atoms with Crippen molar-refractivity contribution in [1.82, 2.24) is 5.32 Å². The van der Waals surface area contributed by atoms with Gasteiger partial charge in [-0.1, -0.05) is 27.7 Å². The second-order valence-electron chi connectivity index (χ2n) is 8.16. The zero-order valence-electron chi connectivity index (χ0n) is 17.0. The van der Waals surface area contributed by atoms with Gasteiger partial charge in [0.15, 0.2) is 0 Å². The van der Waals surface area contributed by atoms with E-state index in [0.29, 0.717) is 30.3 Å². The lowest BCUT2D eigenvalue weighted by Crippen LogP contribution is -2.27. The van der Waals surface area contributed by atoms with E-state index in [1.807, 2.05) is 20.8 Å². The van der Waals surface area contributed by atoms with Crippen molar-refractivity contribution >= 4 is 28.2 Å². The highest BCUT2D eigenvalue weighted by molar-refractivity contribution is 7.16. The molecule has 2 amide bonds. The van der Waals surface area contributed by atoms with Gasteiger partial charge in [-0.2, -0.15) is 0 Å². The van der Waals surface area contributed by atoms with Crippen LogP contribution in [-0.2, 0) is 9.53 Å². The Labute approximate surface area is 160 Å². The summed E-state index contributed by atoms with van der Waals surface area (Å²) < 4.78 is 5.29. The van der Waals surface area contributed by atoms with Crippen LogP contribution < -0.4 is 10.6 Å². The van der Waals surface area contributed by atoms with E-state index in [4.69, 9.17) is 4.74 Å². The highest BCUT2D eigenvalue weighted by atomic mass is 32.1. The Balaban J connectivity index is 2.07. The van der Waals surface area contributed by atoms with Crippen LogP contribution in [0.2, 0.25) is 0 Å². The first-order valence-corrected chi connectivity index (χ1v) is 10.1. The molecule has 2 N–H and O–H groups in total. The van der Waals surface area contributed by atoms with E-state index in [2.05, 4.69) is 38.3 Å². The monoisotopic (exact) mass is 380 g/mol. The third kappa shape index (κ3) is 3.81. The number of anilines is 1. The highest BCUT2D eigenvalue weighted by Gasteiger charge is 2.68. The van der Waals surface area contributed by atoms with Crippen LogP contribution >= 0.6 is 11.3 Å². The molecule has 0 spiro atoms. The topological polar surface area (TPSA) is 67.4 Å². The third-order valence-corrected chi connectivity index (χ3v) is 7.21. The van der Waals surface area contributed by atoms with Gasteiger partial charge >= 0.3 is 0 Å². The molecule has 0 bridgehead atoms. The Morgan fingerprint density at radius 1 is 1.15 bits per heavy atom. The maximum Gasteiger partial charge on any atom is 0.254 e. The second kappa shape index (κ2) is 7.69. The van der Waals surface area contributed by atoms with Gasteiger partial charge in [-0.3, -0.25) is 9.59 Å². The summed E-state index contributed by atoms with van der Waals surface area (Å²) in [6.45, 7) is 16.2. The first kappa shape index (κ1) is 20.9. The Kier molecular flexibility index (Phi) is 6.18. The lowest BCUT2D eigenvalue weighted by atomic mass is 10.0. The zero-order chi connectivity index (χ0) is 19.7. The van der Waals surface area contributed by atoms with Gasteiger partial charge in [0.25, 0.3) is 5.91 Å². The summed E-state index contributed by atoms with van der Waals surface area (Å²) in [6.07, 6.45) is 0.772. The minimum absolute atomic E-state index is 0.00615. The Morgan fingerprint density at radius 3 is 2.31 bits per heavy atom. The summed E-state index contributed by atoms with van der Waals surface area (Å²) >= 11 is 1.47. The predicted octanol–water partition coefficient (Wildman–Crippen LogP) is 4.14. The molecule has 146 valence electrons. The molecule has 0 saturated heterocycles. The summed E-state index contributed by atoms with van der Waals surface area (Å²) in [6, 6.07) is 0. The largest absolute Gasteiger partial charge is 0.382 e. The first-order chi connectivity index (χ1) is 12.1. The minimum Gasteiger partial charge on any atom is -0.382 e. The van der Waals surface area contributed by atoms with Crippen LogP contribution in [0, 0.1) is 30.6 Å². The van der Waals surface area contributed by atoms with Crippen LogP contribution in [0.4, 0.5) is 5.00 Å². The van der Waals surface area contributed by atoms with Crippen molar-refractivity contribution < 1.29 is 14.3 Å². The number of carbonyl (C=O) groups excluding carboxylic acids is 2. The molecule has 0 aromatic carbocycles. The fraction of sp³-hybridized carbons (Fsp3) is 0.700. The summed E-state index contributed by atoms with van der Waals surface area (Å²) in [4.78, 5) is 26.5. The lowest BCUT2D eigenvalue weighted by molar-refractivity contribution is -0.118. The Morgan fingerprint density at radius 2 is 1.77 bits per heavy atom. The second-order valence-corrected chi connectivity index (χ2v) is 9.38. The van der Waals surface area contributed by atoms with E-state index in [1.165, 1.54) is 11.3 Å². The lowest BCUT2D eigenvalue weighted by Gasteiger charge is -2.10. The van der Waals surface area contributed by atoms with Crippen molar-refractivity contribution in [1.29, 1.82) is 0 Å². The van der Waals surface area contributed by atoms with Crippen molar-refractivity contribution in [3.8, 4) is 0 Å². The SMILES string of the molecule is CCOCCCNC(=O)c1c(NC(=O)C2C(C)(C)C2(C)C)sc(C)c1C. The Hall–Kier alpha value is -1.40. The summed E-state index contributed by atoms with van der Waals surface area (Å²) in [5.41, 5.74) is 1.47. The van der Waals surface area contributed by atoms with E-state index in [-0.39, 0.29) is 28.6 Å². The van der Waals surface area contributed by atoms with E-state index in [0.717, 1.165) is 16.9 Å². The molecule has 1 aliphatic carbocycles. The van der Waals surface area contributed by atoms with Gasteiger partial charge in [0.2, 0.25) is 5.91 Å². The number of hydrogen-bond donors (Lipinski definition) is 2. The smallest absolute Gasteiger partial charge is 0.254 e. The summed E-state index contributed by atoms with van der Waals surface area (Å²) in [5, 5.41) is 6.63. The van der Waals surface area contributed by atoms with Gasteiger partial charge < -0.3 is 15.4 Å². The molecule has 0 radical (unpaired) electrons. The van der Waals surface area contributed by atoms with Crippen LogP contribution in [-0.4, -0.2) is 31.6 Å². The molecule has 26 heavy (non-hydrogen) atoms. The Bertz CT molecular complexity index is 677. The van der Waals surface area contributed by atoms with Crippen molar-refractivity contribution in [2.75, 3.05) is 25.1 Å². The van der Waals surface area contributed by atoms with Gasteiger partial charge in [0.1, 0.15) is 5.00 Å². The van der Waals surface area contributed by atoms with E-state index in [9.17, 15) is 9.59 Å². The summed E-state index contributed by atoms with van der Waals surface area (Å²) in [5.74, 6) is -0.167. The highest BCUT2D eigenvalue weighted by Crippen LogP contribution is 2.68. The number of ether oxygens (including phenoxy) is 1. The molecule has 1 fully saturated rings. The number of rotatable bonds is 8.